The SMILES string of the molecule is CCNC(=NCC1CCN(C)CC1)N1CCOC(c2cnn(C)c2)C1. The lowest BCUT2D eigenvalue weighted by atomic mass is 9.97. The van der Waals surface area contributed by atoms with Crippen molar-refractivity contribution in [3.63, 3.8) is 0 Å². The molecule has 1 unspecified atom stereocenters. The van der Waals surface area contributed by atoms with Crippen LogP contribution in [0, 0.1) is 5.92 Å². The van der Waals surface area contributed by atoms with Crippen molar-refractivity contribution in [1.29, 1.82) is 0 Å². The first-order valence-electron chi connectivity index (χ1n) is 9.47. The van der Waals surface area contributed by atoms with E-state index in [0.29, 0.717) is 5.92 Å². The average Bonchev–Trinajstić information content (AvgIpc) is 3.07. The van der Waals surface area contributed by atoms with E-state index in [0.717, 1.165) is 44.3 Å². The Morgan fingerprint density at radius 3 is 2.80 bits per heavy atom. The zero-order valence-corrected chi connectivity index (χ0v) is 15.8. The van der Waals surface area contributed by atoms with Gasteiger partial charge in [-0.15, -0.1) is 0 Å². The molecule has 0 aromatic carbocycles. The second-order valence-corrected chi connectivity index (χ2v) is 7.19. The number of piperidine rings is 1. The summed E-state index contributed by atoms with van der Waals surface area (Å²) in [6.45, 7) is 8.75. The van der Waals surface area contributed by atoms with Crippen LogP contribution in [-0.2, 0) is 11.8 Å². The molecular weight excluding hydrogens is 316 g/mol. The van der Waals surface area contributed by atoms with E-state index < -0.39 is 0 Å². The number of aromatic nitrogens is 2. The van der Waals surface area contributed by atoms with Crippen LogP contribution in [0.1, 0.15) is 31.4 Å². The van der Waals surface area contributed by atoms with Gasteiger partial charge >= 0.3 is 0 Å². The van der Waals surface area contributed by atoms with Gasteiger partial charge < -0.3 is 19.9 Å². The number of ether oxygens (including phenoxy) is 1. The van der Waals surface area contributed by atoms with Crippen LogP contribution in [0.4, 0.5) is 0 Å². The number of rotatable bonds is 4. The first-order valence-corrected chi connectivity index (χ1v) is 9.47. The minimum absolute atomic E-state index is 0.0645. The zero-order chi connectivity index (χ0) is 17.6. The van der Waals surface area contributed by atoms with Gasteiger partial charge in [-0.25, -0.2) is 0 Å². The standard InChI is InChI=1S/C18H32N6O/c1-4-19-18(20-11-15-5-7-22(2)8-6-15)24-9-10-25-17(14-24)16-12-21-23(3)13-16/h12-13,15,17H,4-11,14H2,1-3H3,(H,19,20). The molecule has 7 nitrogen and oxygen atoms in total. The molecule has 140 valence electrons. The molecule has 1 aromatic heterocycles. The topological polar surface area (TPSA) is 57.9 Å². The third kappa shape index (κ3) is 4.95. The Hall–Kier alpha value is -1.60. The van der Waals surface area contributed by atoms with E-state index in [1.165, 1.54) is 25.9 Å². The fourth-order valence-electron chi connectivity index (χ4n) is 3.54. The summed E-state index contributed by atoms with van der Waals surface area (Å²) >= 11 is 0. The second kappa shape index (κ2) is 8.67. The summed E-state index contributed by atoms with van der Waals surface area (Å²) in [6, 6.07) is 0. The van der Waals surface area contributed by atoms with Gasteiger partial charge in [0.15, 0.2) is 5.96 Å². The molecule has 2 fully saturated rings. The molecule has 3 rings (SSSR count). The van der Waals surface area contributed by atoms with Crippen LogP contribution >= 0.6 is 0 Å². The van der Waals surface area contributed by atoms with Gasteiger partial charge in [0.1, 0.15) is 6.10 Å². The molecule has 1 N–H and O–H groups in total. The molecule has 0 saturated carbocycles. The van der Waals surface area contributed by atoms with E-state index in [9.17, 15) is 0 Å². The molecule has 1 aromatic rings. The third-order valence-corrected chi connectivity index (χ3v) is 5.13. The Morgan fingerprint density at radius 1 is 1.32 bits per heavy atom. The van der Waals surface area contributed by atoms with Crippen LogP contribution in [0.15, 0.2) is 17.4 Å². The second-order valence-electron chi connectivity index (χ2n) is 7.19. The van der Waals surface area contributed by atoms with Gasteiger partial charge in [-0.1, -0.05) is 0 Å². The first kappa shape index (κ1) is 18.2. The van der Waals surface area contributed by atoms with E-state index in [2.05, 4.69) is 34.2 Å². The van der Waals surface area contributed by atoms with E-state index in [-0.39, 0.29) is 6.10 Å². The summed E-state index contributed by atoms with van der Waals surface area (Å²) in [5, 5.41) is 7.74. The largest absolute Gasteiger partial charge is 0.370 e. The van der Waals surface area contributed by atoms with Crippen LogP contribution in [0.5, 0.6) is 0 Å². The quantitative estimate of drug-likeness (QED) is 0.652. The van der Waals surface area contributed by atoms with Crippen molar-refractivity contribution in [2.75, 3.05) is 52.9 Å². The van der Waals surface area contributed by atoms with Crippen molar-refractivity contribution < 1.29 is 4.74 Å². The molecular formula is C18H32N6O. The van der Waals surface area contributed by atoms with E-state index >= 15 is 0 Å². The Bertz CT molecular complexity index is 564. The van der Waals surface area contributed by atoms with Gasteiger partial charge in [-0.05, 0) is 45.8 Å². The molecule has 0 radical (unpaired) electrons. The Morgan fingerprint density at radius 2 is 2.12 bits per heavy atom. The molecule has 1 atom stereocenters. The van der Waals surface area contributed by atoms with E-state index in [1.807, 2.05) is 24.1 Å². The Kier molecular flexibility index (Phi) is 6.31. The average molecular weight is 348 g/mol. The Balaban J connectivity index is 1.61. The van der Waals surface area contributed by atoms with Crippen molar-refractivity contribution in [3.05, 3.63) is 18.0 Å². The molecule has 0 bridgehead atoms. The van der Waals surface area contributed by atoms with Crippen LogP contribution in [-0.4, -0.2) is 78.5 Å². The number of hydrogen-bond acceptors (Lipinski definition) is 4. The monoisotopic (exact) mass is 348 g/mol. The van der Waals surface area contributed by atoms with Crippen molar-refractivity contribution >= 4 is 5.96 Å². The summed E-state index contributed by atoms with van der Waals surface area (Å²) in [5.74, 6) is 1.73. The van der Waals surface area contributed by atoms with Gasteiger partial charge in [0.05, 0.1) is 19.3 Å². The van der Waals surface area contributed by atoms with Gasteiger partial charge in [0, 0.05) is 38.4 Å². The number of aliphatic imine (C=N–C) groups is 1. The number of guanidine groups is 1. The number of nitrogens with zero attached hydrogens (tertiary/aromatic N) is 5. The predicted octanol–water partition coefficient (Wildman–Crippen LogP) is 1.10. The van der Waals surface area contributed by atoms with Crippen molar-refractivity contribution in [1.82, 2.24) is 24.9 Å². The van der Waals surface area contributed by atoms with Gasteiger partial charge in [0.2, 0.25) is 0 Å². The highest BCUT2D eigenvalue weighted by Gasteiger charge is 2.25. The molecule has 25 heavy (non-hydrogen) atoms. The Labute approximate surface area is 151 Å². The fourth-order valence-corrected chi connectivity index (χ4v) is 3.54. The summed E-state index contributed by atoms with van der Waals surface area (Å²) in [4.78, 5) is 9.70. The minimum Gasteiger partial charge on any atom is -0.370 e. The van der Waals surface area contributed by atoms with E-state index in [1.54, 1.807) is 0 Å². The van der Waals surface area contributed by atoms with Crippen molar-refractivity contribution in [2.24, 2.45) is 18.0 Å². The maximum atomic E-state index is 5.96. The van der Waals surface area contributed by atoms with Gasteiger partial charge in [-0.3, -0.25) is 9.67 Å². The zero-order valence-electron chi connectivity index (χ0n) is 15.8. The van der Waals surface area contributed by atoms with Gasteiger partial charge in [0.25, 0.3) is 0 Å². The lowest BCUT2D eigenvalue weighted by Gasteiger charge is -2.35. The summed E-state index contributed by atoms with van der Waals surface area (Å²) in [5.41, 5.74) is 1.14. The number of morpholine rings is 1. The summed E-state index contributed by atoms with van der Waals surface area (Å²) < 4.78 is 7.79. The van der Waals surface area contributed by atoms with Crippen LogP contribution in [0.25, 0.3) is 0 Å². The lowest BCUT2D eigenvalue weighted by Crippen LogP contribution is -2.48. The molecule has 2 saturated heterocycles. The minimum atomic E-state index is 0.0645. The molecule has 0 amide bonds. The van der Waals surface area contributed by atoms with Crippen LogP contribution < -0.4 is 5.32 Å². The third-order valence-electron chi connectivity index (χ3n) is 5.13. The summed E-state index contributed by atoms with van der Waals surface area (Å²) in [6.07, 6.45) is 6.50. The normalized spacial score (nSPS) is 23.9. The van der Waals surface area contributed by atoms with Crippen LogP contribution in [0.3, 0.4) is 0 Å². The van der Waals surface area contributed by atoms with E-state index in [4.69, 9.17) is 9.73 Å². The summed E-state index contributed by atoms with van der Waals surface area (Å²) in [7, 11) is 4.15. The highest BCUT2D eigenvalue weighted by Crippen LogP contribution is 2.22. The highest BCUT2D eigenvalue weighted by atomic mass is 16.5. The van der Waals surface area contributed by atoms with Crippen molar-refractivity contribution in [2.45, 2.75) is 25.9 Å². The van der Waals surface area contributed by atoms with Crippen LogP contribution in [0.2, 0.25) is 0 Å². The first-order chi connectivity index (χ1) is 12.2. The number of nitrogens with one attached hydrogen (secondary N) is 1. The van der Waals surface area contributed by atoms with Crippen molar-refractivity contribution in [3.8, 4) is 0 Å². The highest BCUT2D eigenvalue weighted by molar-refractivity contribution is 5.80. The molecule has 3 heterocycles. The fraction of sp³-hybridized carbons (Fsp3) is 0.778. The maximum absolute atomic E-state index is 5.96. The number of likely N-dealkylation sites (tertiary alicyclic amines) is 1. The molecule has 0 spiro atoms. The maximum Gasteiger partial charge on any atom is 0.194 e. The number of aryl methyl sites for hydroxylation is 1. The smallest absolute Gasteiger partial charge is 0.194 e. The molecule has 7 heteroatoms. The number of hydrogen-bond donors (Lipinski definition) is 1. The predicted molar refractivity (Wildman–Crippen MR) is 99.7 cm³/mol. The lowest BCUT2D eigenvalue weighted by molar-refractivity contribution is -0.00807. The molecule has 2 aliphatic rings. The molecule has 2 aliphatic heterocycles. The van der Waals surface area contributed by atoms with Gasteiger partial charge in [-0.2, -0.15) is 5.10 Å². The molecule has 0 aliphatic carbocycles.